The zero-order chi connectivity index (χ0) is 18.4. The van der Waals surface area contributed by atoms with E-state index in [0.29, 0.717) is 5.75 Å². The van der Waals surface area contributed by atoms with E-state index in [9.17, 15) is 13.2 Å². The molecule has 7 heteroatoms. The van der Waals surface area contributed by atoms with Gasteiger partial charge in [0.25, 0.3) is 0 Å². The van der Waals surface area contributed by atoms with E-state index in [4.69, 9.17) is 32.7 Å². The average Bonchev–Trinajstić information content (AvgIpc) is 2.54. The first-order valence-electron chi connectivity index (χ1n) is 7.36. The normalized spacial score (nSPS) is 16.4. The molecule has 0 radical (unpaired) electrons. The van der Waals surface area contributed by atoms with Crippen LogP contribution in [-0.4, -0.2) is 12.3 Å². The standard InChI is InChI=1S/C18H13Cl2F3O2/c1-9-4-3-5-14(10(9)2)24-16-11-6-7-15(18(21,22)23)25-17(11)13(20)8-12(16)19/h3-8,15H,1-2H3. The van der Waals surface area contributed by atoms with Gasteiger partial charge >= 0.3 is 6.18 Å². The number of halogens is 5. The van der Waals surface area contributed by atoms with Crippen molar-refractivity contribution in [3.8, 4) is 17.2 Å². The highest BCUT2D eigenvalue weighted by atomic mass is 35.5. The summed E-state index contributed by atoms with van der Waals surface area (Å²) in [7, 11) is 0. The van der Waals surface area contributed by atoms with Gasteiger partial charge in [-0.15, -0.1) is 0 Å². The minimum absolute atomic E-state index is 0.00749. The van der Waals surface area contributed by atoms with E-state index < -0.39 is 12.3 Å². The molecule has 2 nitrogen and oxygen atoms in total. The number of fused-ring (bicyclic) bond motifs is 1. The van der Waals surface area contributed by atoms with E-state index in [1.807, 2.05) is 26.0 Å². The van der Waals surface area contributed by atoms with Gasteiger partial charge in [-0.05, 0) is 49.3 Å². The molecule has 0 fully saturated rings. The number of hydrogen-bond donors (Lipinski definition) is 0. The monoisotopic (exact) mass is 388 g/mol. The maximum atomic E-state index is 12.9. The van der Waals surface area contributed by atoms with Crippen molar-refractivity contribution in [3.05, 3.63) is 57.1 Å². The lowest BCUT2D eigenvalue weighted by Gasteiger charge is -2.26. The lowest BCUT2D eigenvalue weighted by molar-refractivity contribution is -0.180. The topological polar surface area (TPSA) is 18.5 Å². The quantitative estimate of drug-likeness (QED) is 0.566. The van der Waals surface area contributed by atoms with Crippen LogP contribution >= 0.6 is 23.2 Å². The Morgan fingerprint density at radius 2 is 1.84 bits per heavy atom. The second-order valence-electron chi connectivity index (χ2n) is 5.65. The predicted octanol–water partition coefficient (Wildman–Crippen LogP) is 6.74. The Labute approximate surface area is 152 Å². The van der Waals surface area contributed by atoms with Gasteiger partial charge in [-0.2, -0.15) is 13.2 Å². The summed E-state index contributed by atoms with van der Waals surface area (Å²) in [5.41, 5.74) is 2.19. The molecule has 0 amide bonds. The summed E-state index contributed by atoms with van der Waals surface area (Å²) in [4.78, 5) is 0. The van der Waals surface area contributed by atoms with Gasteiger partial charge in [-0.25, -0.2) is 0 Å². The number of alkyl halides is 3. The fraction of sp³-hybridized carbons (Fsp3) is 0.222. The van der Waals surface area contributed by atoms with Gasteiger partial charge in [0.2, 0.25) is 6.10 Å². The smallest absolute Gasteiger partial charge is 0.429 e. The largest absolute Gasteiger partial charge is 0.474 e. The summed E-state index contributed by atoms with van der Waals surface area (Å²) in [6.45, 7) is 3.81. The van der Waals surface area contributed by atoms with Crippen LogP contribution in [0.4, 0.5) is 13.2 Å². The Kier molecular flexibility index (Phi) is 4.64. The van der Waals surface area contributed by atoms with E-state index in [-0.39, 0.29) is 27.1 Å². The molecule has 1 heterocycles. The molecule has 1 aliphatic heterocycles. The molecule has 0 spiro atoms. The maximum absolute atomic E-state index is 12.9. The minimum Gasteiger partial charge on any atom is -0.474 e. The number of aryl methyl sites for hydroxylation is 1. The molecule has 0 saturated heterocycles. The third-order valence-electron chi connectivity index (χ3n) is 3.95. The fourth-order valence-corrected chi connectivity index (χ4v) is 3.01. The SMILES string of the molecule is Cc1cccc(Oc2c(Cl)cc(Cl)c3c2C=CC(C(F)(F)F)O3)c1C. The van der Waals surface area contributed by atoms with Gasteiger partial charge in [0.05, 0.1) is 15.6 Å². The summed E-state index contributed by atoms with van der Waals surface area (Å²) in [5, 5.41) is 0.176. The molecule has 1 atom stereocenters. The van der Waals surface area contributed by atoms with Crippen molar-refractivity contribution < 1.29 is 22.6 Å². The summed E-state index contributed by atoms with van der Waals surface area (Å²) in [6.07, 6.45) is -4.42. The molecule has 3 rings (SSSR count). The predicted molar refractivity (Wildman–Crippen MR) is 92.0 cm³/mol. The Bertz CT molecular complexity index is 860. The second kappa shape index (κ2) is 6.46. The molecule has 2 aromatic rings. The van der Waals surface area contributed by atoms with Gasteiger partial charge in [0.15, 0.2) is 5.75 Å². The van der Waals surface area contributed by atoms with Crippen LogP contribution in [0.1, 0.15) is 16.7 Å². The van der Waals surface area contributed by atoms with Crippen LogP contribution in [0.3, 0.4) is 0 Å². The van der Waals surface area contributed by atoms with Crippen molar-refractivity contribution in [1.82, 2.24) is 0 Å². The molecular weight excluding hydrogens is 376 g/mol. The Morgan fingerprint density at radius 1 is 1.12 bits per heavy atom. The zero-order valence-electron chi connectivity index (χ0n) is 13.2. The van der Waals surface area contributed by atoms with E-state index in [1.165, 1.54) is 12.1 Å². The van der Waals surface area contributed by atoms with Crippen LogP contribution in [0.2, 0.25) is 10.0 Å². The highest BCUT2D eigenvalue weighted by Crippen LogP contribution is 2.47. The Balaban J connectivity index is 2.07. The second-order valence-corrected chi connectivity index (χ2v) is 6.47. The summed E-state index contributed by atoms with van der Waals surface area (Å²) in [6, 6.07) is 6.82. The van der Waals surface area contributed by atoms with Crippen molar-refractivity contribution in [2.75, 3.05) is 0 Å². The highest BCUT2D eigenvalue weighted by molar-refractivity contribution is 6.37. The Morgan fingerprint density at radius 3 is 2.52 bits per heavy atom. The van der Waals surface area contributed by atoms with Gasteiger partial charge in [0.1, 0.15) is 11.5 Å². The van der Waals surface area contributed by atoms with E-state index in [0.717, 1.165) is 17.2 Å². The third-order valence-corrected chi connectivity index (χ3v) is 4.51. The summed E-state index contributed by atoms with van der Waals surface area (Å²) in [5.74, 6) is 0.653. The van der Waals surface area contributed by atoms with Crippen LogP contribution < -0.4 is 9.47 Å². The molecule has 0 saturated carbocycles. The Hall–Kier alpha value is -1.85. The van der Waals surface area contributed by atoms with E-state index in [2.05, 4.69) is 0 Å². The van der Waals surface area contributed by atoms with Crippen LogP contribution in [0.25, 0.3) is 6.08 Å². The molecule has 25 heavy (non-hydrogen) atoms. The molecule has 1 unspecified atom stereocenters. The third kappa shape index (κ3) is 3.44. The van der Waals surface area contributed by atoms with Crippen LogP contribution in [0.5, 0.6) is 17.2 Å². The van der Waals surface area contributed by atoms with Crippen molar-refractivity contribution in [3.63, 3.8) is 0 Å². The van der Waals surface area contributed by atoms with Crippen molar-refractivity contribution in [2.45, 2.75) is 26.1 Å². The first-order valence-corrected chi connectivity index (χ1v) is 8.11. The first kappa shape index (κ1) is 18.0. The molecule has 1 aliphatic rings. The molecule has 0 bridgehead atoms. The van der Waals surface area contributed by atoms with Crippen molar-refractivity contribution >= 4 is 29.3 Å². The molecule has 2 aromatic carbocycles. The van der Waals surface area contributed by atoms with Crippen molar-refractivity contribution in [2.24, 2.45) is 0 Å². The van der Waals surface area contributed by atoms with Crippen LogP contribution in [0, 0.1) is 13.8 Å². The van der Waals surface area contributed by atoms with Crippen molar-refractivity contribution in [1.29, 1.82) is 0 Å². The molecule has 0 aliphatic carbocycles. The number of benzene rings is 2. The van der Waals surface area contributed by atoms with Crippen LogP contribution in [-0.2, 0) is 0 Å². The lowest BCUT2D eigenvalue weighted by Crippen LogP contribution is -2.34. The molecule has 132 valence electrons. The summed E-state index contributed by atoms with van der Waals surface area (Å²) >= 11 is 12.2. The average molecular weight is 389 g/mol. The molecular formula is C18H13Cl2F3O2. The lowest BCUT2D eigenvalue weighted by atomic mass is 10.1. The van der Waals surface area contributed by atoms with Crippen LogP contribution in [0.15, 0.2) is 30.3 Å². The molecule has 0 N–H and O–H groups in total. The number of ether oxygens (including phenoxy) is 2. The minimum atomic E-state index is -4.54. The van der Waals surface area contributed by atoms with Gasteiger partial charge in [-0.3, -0.25) is 0 Å². The number of hydrogen-bond acceptors (Lipinski definition) is 2. The van der Waals surface area contributed by atoms with E-state index in [1.54, 1.807) is 6.07 Å². The van der Waals surface area contributed by atoms with E-state index >= 15 is 0 Å². The van der Waals surface area contributed by atoms with Gasteiger partial charge in [-0.1, -0.05) is 35.3 Å². The molecule has 0 aromatic heterocycles. The fourth-order valence-electron chi connectivity index (χ4n) is 2.45. The first-order chi connectivity index (χ1) is 11.7. The number of rotatable bonds is 2. The van der Waals surface area contributed by atoms with Gasteiger partial charge in [0, 0.05) is 0 Å². The zero-order valence-corrected chi connectivity index (χ0v) is 14.8. The highest BCUT2D eigenvalue weighted by Gasteiger charge is 2.42. The maximum Gasteiger partial charge on any atom is 0.429 e. The van der Waals surface area contributed by atoms with Gasteiger partial charge < -0.3 is 9.47 Å². The summed E-state index contributed by atoms with van der Waals surface area (Å²) < 4.78 is 49.7.